The number of benzene rings is 1. The van der Waals surface area contributed by atoms with Crippen LogP contribution < -0.4 is 4.90 Å². The summed E-state index contributed by atoms with van der Waals surface area (Å²) in [5, 5.41) is 4.21. The molecule has 0 spiro atoms. The van der Waals surface area contributed by atoms with Crippen molar-refractivity contribution >= 4 is 17.4 Å². The molecule has 0 bridgehead atoms. The van der Waals surface area contributed by atoms with Gasteiger partial charge in [0.2, 0.25) is 5.95 Å². The van der Waals surface area contributed by atoms with Crippen LogP contribution in [0.4, 0.5) is 16.2 Å². The van der Waals surface area contributed by atoms with Crippen molar-refractivity contribution in [3.63, 3.8) is 0 Å². The minimum absolute atomic E-state index is 0.388. The van der Waals surface area contributed by atoms with Crippen LogP contribution in [0.3, 0.4) is 0 Å². The first-order valence-corrected chi connectivity index (χ1v) is 7.63. The Bertz CT molecular complexity index is 1030. The van der Waals surface area contributed by atoms with Crippen LogP contribution in [0, 0.1) is 13.0 Å². The van der Waals surface area contributed by atoms with E-state index >= 15 is 0 Å². The Morgan fingerprint density at radius 2 is 1.84 bits per heavy atom. The summed E-state index contributed by atoms with van der Waals surface area (Å²) in [6, 6.07) is 13.3. The molecular weight excluding hydrogens is 321 g/mol. The predicted octanol–water partition coefficient (Wildman–Crippen LogP) is 2.80. The molecule has 0 saturated carbocycles. The van der Waals surface area contributed by atoms with Gasteiger partial charge in [-0.05, 0) is 6.92 Å². The molecule has 124 valence electrons. The quantitative estimate of drug-likeness (QED) is 0.536. The lowest BCUT2D eigenvalue weighted by Gasteiger charge is -2.18. The maximum absolute atomic E-state index is 13.6. The second-order valence-corrected chi connectivity index (χ2v) is 5.53. The predicted molar refractivity (Wildman–Crippen MR) is 91.0 cm³/mol. The zero-order chi connectivity index (χ0) is 17.4. The van der Waals surface area contributed by atoms with E-state index < -0.39 is 6.08 Å². The molecule has 0 amide bonds. The summed E-state index contributed by atoms with van der Waals surface area (Å²) in [6.45, 7) is 1.71. The fraction of sp³-hybridized carbons (Fsp3) is 0.118. The van der Waals surface area contributed by atoms with E-state index in [9.17, 15) is 4.39 Å². The summed E-state index contributed by atoms with van der Waals surface area (Å²) in [5.41, 5.74) is 2.87. The van der Waals surface area contributed by atoms with E-state index in [1.807, 2.05) is 36.4 Å². The van der Waals surface area contributed by atoms with Crippen molar-refractivity contribution in [2.24, 2.45) is 0 Å². The summed E-state index contributed by atoms with van der Waals surface area (Å²) in [5.74, 6) is 0.867. The lowest BCUT2D eigenvalue weighted by Crippen LogP contribution is -2.18. The minimum atomic E-state index is -0.782. The van der Waals surface area contributed by atoms with Gasteiger partial charge < -0.3 is 0 Å². The van der Waals surface area contributed by atoms with Gasteiger partial charge in [0.05, 0.1) is 5.69 Å². The second-order valence-electron chi connectivity index (χ2n) is 5.53. The average Bonchev–Trinajstić information content (AvgIpc) is 3.09. The van der Waals surface area contributed by atoms with Crippen molar-refractivity contribution in [2.45, 2.75) is 6.92 Å². The number of rotatable bonds is 3. The first kappa shape index (κ1) is 15.1. The third-order valence-corrected chi connectivity index (χ3v) is 3.78. The van der Waals surface area contributed by atoms with Crippen molar-refractivity contribution in [3.8, 4) is 11.3 Å². The third-order valence-electron chi connectivity index (χ3n) is 3.78. The molecule has 0 unspecified atom stereocenters. The number of anilines is 2. The fourth-order valence-electron chi connectivity index (χ4n) is 2.58. The molecule has 4 aromatic rings. The molecule has 0 fully saturated rings. The van der Waals surface area contributed by atoms with E-state index in [-0.39, 0.29) is 0 Å². The van der Waals surface area contributed by atoms with Gasteiger partial charge in [-0.15, -0.1) is 0 Å². The molecule has 0 aliphatic carbocycles. The van der Waals surface area contributed by atoms with Crippen LogP contribution in [0.1, 0.15) is 5.69 Å². The Kier molecular flexibility index (Phi) is 3.57. The zero-order valence-electron chi connectivity index (χ0n) is 13.6. The maximum Gasteiger partial charge on any atom is 0.310 e. The molecule has 25 heavy (non-hydrogen) atoms. The number of aromatic nitrogens is 6. The van der Waals surface area contributed by atoms with Gasteiger partial charge in [-0.25, -0.2) is 15.0 Å². The fourth-order valence-corrected chi connectivity index (χ4v) is 2.58. The summed E-state index contributed by atoms with van der Waals surface area (Å²) in [6.07, 6.45) is 0.672. The number of hydrogen-bond acceptors (Lipinski definition) is 6. The topological polar surface area (TPSA) is 72.1 Å². The smallest absolute Gasteiger partial charge is 0.298 e. The highest BCUT2D eigenvalue weighted by Gasteiger charge is 2.16. The summed E-state index contributed by atoms with van der Waals surface area (Å²) >= 11 is 0. The van der Waals surface area contributed by atoms with Gasteiger partial charge >= 0.3 is 6.08 Å². The lowest BCUT2D eigenvalue weighted by atomic mass is 10.1. The molecule has 3 heterocycles. The Labute approximate surface area is 142 Å². The largest absolute Gasteiger partial charge is 0.310 e. The van der Waals surface area contributed by atoms with E-state index in [0.717, 1.165) is 11.3 Å². The highest BCUT2D eigenvalue weighted by molar-refractivity contribution is 5.67. The molecule has 0 aliphatic rings. The molecule has 0 saturated heterocycles. The Balaban J connectivity index is 1.89. The van der Waals surface area contributed by atoms with Crippen LogP contribution >= 0.6 is 0 Å². The molecule has 4 rings (SSSR count). The molecule has 0 atom stereocenters. The maximum atomic E-state index is 13.6. The molecular formula is C17H14FN7. The molecule has 0 N–H and O–H groups in total. The van der Waals surface area contributed by atoms with Gasteiger partial charge in [-0.3, -0.25) is 4.90 Å². The first-order valence-electron chi connectivity index (χ1n) is 7.63. The van der Waals surface area contributed by atoms with Gasteiger partial charge in [-0.2, -0.15) is 19.0 Å². The molecule has 8 heteroatoms. The van der Waals surface area contributed by atoms with Crippen molar-refractivity contribution in [1.29, 1.82) is 0 Å². The summed E-state index contributed by atoms with van der Waals surface area (Å²) in [4.78, 5) is 18.1. The SMILES string of the molecule is Cc1cc(N(C)c2nc(-c3ccccc3)cc3ncnn23)nc(F)n1. The normalized spacial score (nSPS) is 11.0. The number of fused-ring (bicyclic) bond motifs is 1. The number of hydrogen-bond donors (Lipinski definition) is 0. The van der Waals surface area contributed by atoms with Crippen molar-refractivity contribution in [1.82, 2.24) is 29.5 Å². The van der Waals surface area contributed by atoms with Gasteiger partial charge in [0.25, 0.3) is 0 Å². The molecule has 3 aromatic heterocycles. The van der Waals surface area contributed by atoms with E-state index in [2.05, 4.69) is 25.0 Å². The number of nitrogens with zero attached hydrogens (tertiary/aromatic N) is 7. The molecule has 1 aromatic carbocycles. The molecule has 7 nitrogen and oxygen atoms in total. The van der Waals surface area contributed by atoms with Crippen molar-refractivity contribution in [2.75, 3.05) is 11.9 Å². The zero-order valence-corrected chi connectivity index (χ0v) is 13.6. The number of aryl methyl sites for hydroxylation is 1. The van der Waals surface area contributed by atoms with Gasteiger partial charge in [0, 0.05) is 30.4 Å². The highest BCUT2D eigenvalue weighted by atomic mass is 19.1. The van der Waals surface area contributed by atoms with Crippen LogP contribution in [-0.2, 0) is 0 Å². The van der Waals surface area contributed by atoms with Crippen LogP contribution in [-0.4, -0.2) is 36.6 Å². The third kappa shape index (κ3) is 2.78. The van der Waals surface area contributed by atoms with Crippen molar-refractivity contribution < 1.29 is 4.39 Å². The van der Waals surface area contributed by atoms with Gasteiger partial charge in [-0.1, -0.05) is 30.3 Å². The number of halogens is 1. The molecule has 0 radical (unpaired) electrons. The van der Waals surface area contributed by atoms with Crippen LogP contribution in [0.25, 0.3) is 16.9 Å². The van der Waals surface area contributed by atoms with E-state index in [4.69, 9.17) is 0 Å². The van der Waals surface area contributed by atoms with E-state index in [1.54, 1.807) is 29.5 Å². The Morgan fingerprint density at radius 3 is 2.60 bits per heavy atom. The first-order chi connectivity index (χ1) is 12.1. The van der Waals surface area contributed by atoms with Crippen molar-refractivity contribution in [3.05, 3.63) is 60.6 Å². The average molecular weight is 335 g/mol. The summed E-state index contributed by atoms with van der Waals surface area (Å²) < 4.78 is 15.2. The van der Waals surface area contributed by atoms with Crippen LogP contribution in [0.2, 0.25) is 0 Å². The second kappa shape index (κ2) is 5.90. The van der Waals surface area contributed by atoms with Crippen LogP contribution in [0.5, 0.6) is 0 Å². The Morgan fingerprint density at radius 1 is 1.04 bits per heavy atom. The van der Waals surface area contributed by atoms with Crippen LogP contribution in [0.15, 0.2) is 48.8 Å². The van der Waals surface area contributed by atoms with E-state index in [1.165, 1.54) is 6.33 Å². The van der Waals surface area contributed by atoms with Gasteiger partial charge in [0.1, 0.15) is 12.1 Å². The minimum Gasteiger partial charge on any atom is -0.298 e. The molecule has 0 aliphatic heterocycles. The standard InChI is InChI=1S/C17H14FN7/c1-11-8-15(23-16(18)21-11)24(2)17-22-13(12-6-4-3-5-7-12)9-14-19-10-20-25(14)17/h3-10H,1-2H3. The van der Waals surface area contributed by atoms with E-state index in [0.29, 0.717) is 23.1 Å². The van der Waals surface area contributed by atoms with Gasteiger partial charge in [0.15, 0.2) is 5.65 Å². The monoisotopic (exact) mass is 335 g/mol. The summed E-state index contributed by atoms with van der Waals surface area (Å²) in [7, 11) is 1.75. The Hall–Kier alpha value is -3.42. The highest BCUT2D eigenvalue weighted by Crippen LogP contribution is 2.25. The lowest BCUT2D eigenvalue weighted by molar-refractivity contribution is 0.535.